The molecular weight excluding hydrogens is 506 g/mol. The van der Waals surface area contributed by atoms with Gasteiger partial charge in [0.1, 0.15) is 28.2 Å². The molecule has 0 atom stereocenters. The number of halogens is 2. The second-order valence-corrected chi connectivity index (χ2v) is 9.47. The summed E-state index contributed by atoms with van der Waals surface area (Å²) in [5.74, 6) is -0.431. The molecule has 5 aromatic rings. The summed E-state index contributed by atoms with van der Waals surface area (Å²) in [6.07, 6.45) is 1.19. The van der Waals surface area contributed by atoms with E-state index in [-0.39, 0.29) is 28.9 Å². The Morgan fingerprint density at radius 1 is 1.03 bits per heavy atom. The van der Waals surface area contributed by atoms with Crippen LogP contribution in [0.5, 0.6) is 11.9 Å². The topological polar surface area (TPSA) is 98.3 Å². The number of aryl methyl sites for hydroxylation is 2. The molecular formula is C28H28F2N6O3. The Morgan fingerprint density at radius 3 is 2.64 bits per heavy atom. The van der Waals surface area contributed by atoms with Crippen molar-refractivity contribution < 1.29 is 23.0 Å². The smallest absolute Gasteiger partial charge is 0.318 e. The van der Waals surface area contributed by atoms with E-state index in [0.29, 0.717) is 77.0 Å². The monoisotopic (exact) mass is 534 g/mol. The lowest BCUT2D eigenvalue weighted by atomic mass is 9.91. The standard InChI is InChI=1S/C28H28F2N6O3/c1-5-16-17(29)8-7-15-13-18-19(14(2)34-35-18)21(20(15)16)24-23(30)25-22(27(31-24)37-3)26(33-28(32-25)38-4)36-9-6-11-39-12-10-36/h7-8,13H,5-6,9-12H2,1-4H3,(H,34,35). The average Bonchev–Trinajstić information content (AvgIpc) is 3.14. The van der Waals surface area contributed by atoms with E-state index in [4.69, 9.17) is 19.2 Å². The molecule has 2 aromatic carbocycles. The second-order valence-electron chi connectivity index (χ2n) is 9.47. The van der Waals surface area contributed by atoms with Gasteiger partial charge in [-0.2, -0.15) is 15.1 Å². The molecule has 6 rings (SSSR count). The van der Waals surface area contributed by atoms with Crippen LogP contribution < -0.4 is 14.4 Å². The highest BCUT2D eigenvalue weighted by Gasteiger charge is 2.29. The van der Waals surface area contributed by atoms with E-state index in [0.717, 1.165) is 11.8 Å². The molecule has 0 amide bonds. The van der Waals surface area contributed by atoms with E-state index in [1.807, 2.05) is 24.8 Å². The zero-order valence-electron chi connectivity index (χ0n) is 22.2. The van der Waals surface area contributed by atoms with Gasteiger partial charge >= 0.3 is 6.01 Å². The molecule has 0 aliphatic carbocycles. The van der Waals surface area contributed by atoms with Crippen molar-refractivity contribution in [1.29, 1.82) is 0 Å². The first-order chi connectivity index (χ1) is 19.0. The molecule has 11 heteroatoms. The van der Waals surface area contributed by atoms with Crippen LogP contribution in [0.4, 0.5) is 14.6 Å². The summed E-state index contributed by atoms with van der Waals surface area (Å²) in [6.45, 7) is 6.05. The van der Waals surface area contributed by atoms with Gasteiger partial charge in [-0.25, -0.2) is 13.8 Å². The zero-order valence-corrected chi connectivity index (χ0v) is 22.2. The first-order valence-electron chi connectivity index (χ1n) is 12.9. The van der Waals surface area contributed by atoms with Crippen LogP contribution in [0.3, 0.4) is 0 Å². The fourth-order valence-corrected chi connectivity index (χ4v) is 5.47. The van der Waals surface area contributed by atoms with E-state index >= 15 is 8.78 Å². The van der Waals surface area contributed by atoms with Gasteiger partial charge in [0.05, 0.1) is 26.3 Å². The van der Waals surface area contributed by atoms with Crippen molar-refractivity contribution in [1.82, 2.24) is 25.1 Å². The van der Waals surface area contributed by atoms with Crippen LogP contribution in [0.15, 0.2) is 18.2 Å². The number of nitrogens with one attached hydrogen (secondary N) is 1. The summed E-state index contributed by atoms with van der Waals surface area (Å²) in [4.78, 5) is 15.7. The Labute approximate surface area is 223 Å². The molecule has 1 aliphatic heterocycles. The van der Waals surface area contributed by atoms with Gasteiger partial charge in [-0.1, -0.05) is 13.0 Å². The average molecular weight is 535 g/mol. The lowest BCUT2D eigenvalue weighted by Crippen LogP contribution is -2.27. The van der Waals surface area contributed by atoms with E-state index in [1.165, 1.54) is 20.3 Å². The number of ether oxygens (including phenoxy) is 3. The molecule has 0 spiro atoms. The number of methoxy groups -OCH3 is 2. The number of hydrogen-bond acceptors (Lipinski definition) is 8. The van der Waals surface area contributed by atoms with Gasteiger partial charge in [0.15, 0.2) is 5.82 Å². The molecule has 1 aliphatic rings. The summed E-state index contributed by atoms with van der Waals surface area (Å²) in [5, 5.41) is 9.70. The number of fused-ring (bicyclic) bond motifs is 3. The SMILES string of the molecule is CCc1c(F)ccc2cc3n[nH]c(C)c3c(-c3nc(OC)c4c(N5CCCOCC5)nc(OC)nc4c3F)c12. The number of pyridine rings is 1. The number of anilines is 1. The van der Waals surface area contributed by atoms with E-state index < -0.39 is 5.82 Å². The van der Waals surface area contributed by atoms with Crippen molar-refractivity contribution in [3.63, 3.8) is 0 Å². The van der Waals surface area contributed by atoms with Crippen LogP contribution in [-0.4, -0.2) is 65.7 Å². The molecule has 1 fully saturated rings. The number of rotatable bonds is 5. The minimum absolute atomic E-state index is 0.00428. The third-order valence-electron chi connectivity index (χ3n) is 7.26. The highest BCUT2D eigenvalue weighted by Crippen LogP contribution is 2.44. The van der Waals surface area contributed by atoms with Crippen molar-refractivity contribution in [3.05, 3.63) is 41.1 Å². The predicted octanol–water partition coefficient (Wildman–Crippen LogP) is 5.11. The number of aromatic nitrogens is 5. The maximum atomic E-state index is 16.8. The Hall–Kier alpha value is -4.12. The van der Waals surface area contributed by atoms with E-state index in [1.54, 1.807) is 6.07 Å². The number of hydrogen-bond donors (Lipinski definition) is 1. The van der Waals surface area contributed by atoms with E-state index in [9.17, 15) is 0 Å². The van der Waals surface area contributed by atoms with E-state index in [2.05, 4.69) is 20.2 Å². The maximum absolute atomic E-state index is 16.8. The van der Waals surface area contributed by atoms with Crippen molar-refractivity contribution in [2.75, 3.05) is 45.4 Å². The van der Waals surface area contributed by atoms with Gasteiger partial charge in [0.25, 0.3) is 0 Å². The molecule has 0 bridgehead atoms. The number of aromatic amines is 1. The van der Waals surface area contributed by atoms with Crippen LogP contribution in [-0.2, 0) is 11.2 Å². The zero-order chi connectivity index (χ0) is 27.3. The van der Waals surface area contributed by atoms with Crippen molar-refractivity contribution in [2.45, 2.75) is 26.7 Å². The molecule has 39 heavy (non-hydrogen) atoms. The first-order valence-corrected chi connectivity index (χ1v) is 12.9. The van der Waals surface area contributed by atoms with Crippen molar-refractivity contribution >= 4 is 38.4 Å². The molecule has 9 nitrogen and oxygen atoms in total. The summed E-state index contributed by atoms with van der Waals surface area (Å²) < 4.78 is 48.7. The number of H-pyrrole nitrogens is 1. The Balaban J connectivity index is 1.75. The highest BCUT2D eigenvalue weighted by molar-refractivity contribution is 6.14. The maximum Gasteiger partial charge on any atom is 0.318 e. The van der Waals surface area contributed by atoms with Crippen LogP contribution >= 0.6 is 0 Å². The van der Waals surface area contributed by atoms with Gasteiger partial charge in [-0.15, -0.1) is 0 Å². The Kier molecular flexibility index (Phi) is 6.38. The second kappa shape index (κ2) is 9.88. The Morgan fingerprint density at radius 2 is 1.87 bits per heavy atom. The predicted molar refractivity (Wildman–Crippen MR) is 145 cm³/mol. The summed E-state index contributed by atoms with van der Waals surface area (Å²) in [5.41, 5.74) is 2.23. The highest BCUT2D eigenvalue weighted by atomic mass is 19.1. The third kappa shape index (κ3) is 3.99. The minimum atomic E-state index is -0.681. The van der Waals surface area contributed by atoms with Crippen molar-refractivity contribution in [2.24, 2.45) is 0 Å². The minimum Gasteiger partial charge on any atom is -0.480 e. The van der Waals surface area contributed by atoms with Crippen molar-refractivity contribution in [3.8, 4) is 23.1 Å². The van der Waals surface area contributed by atoms with Gasteiger partial charge in [-0.05, 0) is 48.2 Å². The summed E-state index contributed by atoms with van der Waals surface area (Å²) in [7, 11) is 2.91. The lowest BCUT2D eigenvalue weighted by molar-refractivity contribution is 0.152. The molecule has 0 unspecified atom stereocenters. The fraction of sp³-hybridized carbons (Fsp3) is 0.357. The van der Waals surface area contributed by atoms with Crippen LogP contribution in [0.25, 0.3) is 43.8 Å². The van der Waals surface area contributed by atoms with Gasteiger partial charge in [0, 0.05) is 36.3 Å². The molecule has 1 saturated heterocycles. The largest absolute Gasteiger partial charge is 0.480 e. The molecule has 3 aromatic heterocycles. The Bertz CT molecular complexity index is 1730. The fourth-order valence-electron chi connectivity index (χ4n) is 5.47. The molecule has 4 heterocycles. The van der Waals surface area contributed by atoms with Gasteiger partial charge in [0.2, 0.25) is 5.88 Å². The van der Waals surface area contributed by atoms with Gasteiger partial charge in [-0.3, -0.25) is 5.10 Å². The number of nitrogens with zero attached hydrogens (tertiary/aromatic N) is 5. The summed E-state index contributed by atoms with van der Waals surface area (Å²) >= 11 is 0. The first kappa shape index (κ1) is 25.2. The lowest BCUT2D eigenvalue weighted by Gasteiger charge is -2.24. The third-order valence-corrected chi connectivity index (χ3v) is 7.26. The normalized spacial score (nSPS) is 14.4. The molecule has 0 radical (unpaired) electrons. The van der Waals surface area contributed by atoms with Gasteiger partial charge < -0.3 is 19.1 Å². The van der Waals surface area contributed by atoms with Crippen LogP contribution in [0, 0.1) is 18.6 Å². The molecule has 0 saturated carbocycles. The molecule has 1 N–H and O–H groups in total. The quantitative estimate of drug-likeness (QED) is 0.332. The van der Waals surface area contributed by atoms with Crippen LogP contribution in [0.1, 0.15) is 24.6 Å². The summed E-state index contributed by atoms with van der Waals surface area (Å²) in [6, 6.07) is 4.99. The molecule has 202 valence electrons. The number of benzene rings is 2. The van der Waals surface area contributed by atoms with Crippen LogP contribution in [0.2, 0.25) is 0 Å².